The summed E-state index contributed by atoms with van der Waals surface area (Å²) in [7, 11) is 0. The van der Waals surface area contributed by atoms with Gasteiger partial charge in [-0.05, 0) is 0 Å². The van der Waals surface area contributed by atoms with Crippen LogP contribution in [0.4, 0.5) is 5.82 Å². The standard InChI is InChI=1S/C8H10ClN2O2.C2H6.Y/c9-7-1-2-10-8(5-7)11-3-4-13-6-12;1-2;/h1,5,12H,3-4,6H2,(H,10,11);1-2H3;/q-1;;. The van der Waals surface area contributed by atoms with Gasteiger partial charge >= 0.3 is 0 Å². The maximum atomic E-state index is 8.31. The van der Waals surface area contributed by atoms with Gasteiger partial charge in [0.15, 0.2) is 0 Å². The average Bonchev–Trinajstić information content (AvgIpc) is 2.27. The third kappa shape index (κ3) is 9.49. The van der Waals surface area contributed by atoms with Gasteiger partial charge in [0.2, 0.25) is 0 Å². The van der Waals surface area contributed by atoms with Crippen molar-refractivity contribution in [2.45, 2.75) is 13.8 Å². The van der Waals surface area contributed by atoms with E-state index in [-0.39, 0.29) is 39.5 Å². The van der Waals surface area contributed by atoms with E-state index in [1.165, 1.54) is 0 Å². The molecule has 1 aromatic heterocycles. The van der Waals surface area contributed by atoms with Crippen molar-refractivity contribution >= 4 is 17.4 Å². The number of hydrogen-bond donors (Lipinski definition) is 2. The first-order chi connectivity index (χ1) is 7.33. The fourth-order valence-corrected chi connectivity index (χ4v) is 0.927. The molecule has 0 spiro atoms. The summed E-state index contributed by atoms with van der Waals surface area (Å²) >= 11 is 5.70. The van der Waals surface area contributed by atoms with E-state index in [0.717, 1.165) is 0 Å². The van der Waals surface area contributed by atoms with Crippen molar-refractivity contribution in [3.8, 4) is 0 Å². The number of halogens is 1. The van der Waals surface area contributed by atoms with Gasteiger partial charge in [0, 0.05) is 45.1 Å². The van der Waals surface area contributed by atoms with E-state index in [0.29, 0.717) is 24.0 Å². The summed E-state index contributed by atoms with van der Waals surface area (Å²) < 4.78 is 4.71. The summed E-state index contributed by atoms with van der Waals surface area (Å²) in [6, 6.07) is 3.27. The Kier molecular flexibility index (Phi) is 15.5. The van der Waals surface area contributed by atoms with Crippen LogP contribution in [0.5, 0.6) is 0 Å². The van der Waals surface area contributed by atoms with Gasteiger partial charge in [-0.25, -0.2) is 0 Å². The van der Waals surface area contributed by atoms with Crippen molar-refractivity contribution in [3.63, 3.8) is 0 Å². The van der Waals surface area contributed by atoms with E-state index in [1.54, 1.807) is 12.1 Å². The van der Waals surface area contributed by atoms with Gasteiger partial charge in [0.1, 0.15) is 6.79 Å². The minimum Gasteiger partial charge on any atom is -0.420 e. The molecule has 0 fully saturated rings. The summed E-state index contributed by atoms with van der Waals surface area (Å²) in [5.41, 5.74) is 0. The van der Waals surface area contributed by atoms with Crippen LogP contribution in [0.2, 0.25) is 5.02 Å². The van der Waals surface area contributed by atoms with Gasteiger partial charge in [-0.1, -0.05) is 25.1 Å². The Bertz CT molecular complexity index is 264. The summed E-state index contributed by atoms with van der Waals surface area (Å²) in [5.74, 6) is 0.647. The molecule has 0 saturated carbocycles. The molecule has 0 saturated heterocycles. The maximum absolute atomic E-state index is 8.31. The monoisotopic (exact) mass is 320 g/mol. The number of aliphatic hydroxyl groups excluding tert-OH is 1. The SMILES string of the molecule is CC.OCOCCNc1cc(Cl)c[c-]n1.[Y]. The zero-order chi connectivity index (χ0) is 11.5. The molecule has 89 valence electrons. The van der Waals surface area contributed by atoms with Crippen molar-refractivity contribution in [1.29, 1.82) is 0 Å². The van der Waals surface area contributed by atoms with Crippen LogP contribution < -0.4 is 5.32 Å². The molecule has 0 bridgehead atoms. The number of nitrogens with zero attached hydrogens (tertiary/aromatic N) is 1. The maximum Gasteiger partial charge on any atom is 0.143 e. The first kappa shape index (κ1) is 18.6. The number of aliphatic hydroxyl groups is 1. The zero-order valence-corrected chi connectivity index (χ0v) is 13.1. The Balaban J connectivity index is 0. The zero-order valence-electron chi connectivity index (χ0n) is 9.53. The van der Waals surface area contributed by atoms with Crippen LogP contribution in [-0.2, 0) is 37.4 Å². The van der Waals surface area contributed by atoms with Crippen molar-refractivity contribution in [3.05, 3.63) is 23.4 Å². The molecule has 2 N–H and O–H groups in total. The minimum atomic E-state index is -0.267. The minimum absolute atomic E-state index is 0. The molecule has 6 heteroatoms. The first-order valence-electron chi connectivity index (χ1n) is 4.79. The molecule has 4 nitrogen and oxygen atoms in total. The normalized spacial score (nSPS) is 8.50. The summed E-state index contributed by atoms with van der Waals surface area (Å²) in [5, 5.41) is 11.9. The third-order valence-corrected chi connectivity index (χ3v) is 1.52. The number of anilines is 1. The topological polar surface area (TPSA) is 54.4 Å². The van der Waals surface area contributed by atoms with E-state index < -0.39 is 0 Å². The van der Waals surface area contributed by atoms with Gasteiger partial charge in [-0.2, -0.15) is 11.6 Å². The summed E-state index contributed by atoms with van der Waals surface area (Å²) in [6.45, 7) is 4.73. The molecule has 16 heavy (non-hydrogen) atoms. The largest absolute Gasteiger partial charge is 0.420 e. The Labute approximate surface area is 127 Å². The molecule has 1 heterocycles. The van der Waals surface area contributed by atoms with Crippen LogP contribution in [0.3, 0.4) is 0 Å². The second kappa shape index (κ2) is 13.3. The Hall–Kier alpha value is 0.264. The smallest absolute Gasteiger partial charge is 0.143 e. The number of pyridine rings is 1. The van der Waals surface area contributed by atoms with Crippen molar-refractivity contribution in [2.24, 2.45) is 0 Å². The molecular formula is C10H16ClN2O2Y-. The van der Waals surface area contributed by atoms with E-state index >= 15 is 0 Å². The number of nitrogens with one attached hydrogen (secondary N) is 1. The molecule has 0 unspecified atom stereocenters. The fourth-order valence-electron chi connectivity index (χ4n) is 0.774. The predicted molar refractivity (Wildman–Crippen MR) is 61.0 cm³/mol. The number of hydrogen-bond acceptors (Lipinski definition) is 4. The van der Waals surface area contributed by atoms with E-state index in [2.05, 4.69) is 16.5 Å². The van der Waals surface area contributed by atoms with Crippen LogP contribution >= 0.6 is 11.6 Å². The number of ether oxygens (including phenoxy) is 1. The fraction of sp³-hybridized carbons (Fsp3) is 0.500. The third-order valence-electron chi connectivity index (χ3n) is 1.31. The van der Waals surface area contributed by atoms with Gasteiger partial charge in [-0.3, -0.25) is 0 Å². The predicted octanol–water partition coefficient (Wildman–Crippen LogP) is 1.94. The number of aromatic nitrogens is 1. The second-order valence-electron chi connectivity index (χ2n) is 2.26. The molecule has 1 aromatic rings. The molecular weight excluding hydrogens is 304 g/mol. The van der Waals surface area contributed by atoms with Crippen molar-refractivity contribution < 1.29 is 42.6 Å². The van der Waals surface area contributed by atoms with Gasteiger partial charge in [0.25, 0.3) is 0 Å². The number of rotatable bonds is 5. The Morgan fingerprint density at radius 1 is 1.56 bits per heavy atom. The molecule has 0 atom stereocenters. The molecule has 0 aliphatic heterocycles. The van der Waals surface area contributed by atoms with Gasteiger partial charge in [0.05, 0.1) is 6.61 Å². The van der Waals surface area contributed by atoms with Crippen LogP contribution in [0, 0.1) is 6.20 Å². The molecule has 0 aromatic carbocycles. The van der Waals surface area contributed by atoms with E-state index in [1.807, 2.05) is 13.8 Å². The van der Waals surface area contributed by atoms with E-state index in [4.69, 9.17) is 21.4 Å². The second-order valence-corrected chi connectivity index (χ2v) is 2.70. The van der Waals surface area contributed by atoms with Gasteiger partial charge in [-0.15, -0.1) is 12.1 Å². The molecule has 1 rings (SSSR count). The van der Waals surface area contributed by atoms with Crippen LogP contribution in [0.1, 0.15) is 13.8 Å². The molecule has 0 amide bonds. The average molecular weight is 321 g/mol. The van der Waals surface area contributed by atoms with Crippen molar-refractivity contribution in [1.82, 2.24) is 4.98 Å². The quantitative estimate of drug-likeness (QED) is 0.494. The van der Waals surface area contributed by atoms with Gasteiger partial charge < -0.3 is 20.1 Å². The van der Waals surface area contributed by atoms with Crippen LogP contribution in [-0.4, -0.2) is 30.0 Å². The first-order valence-corrected chi connectivity index (χ1v) is 5.17. The van der Waals surface area contributed by atoms with Crippen molar-refractivity contribution in [2.75, 3.05) is 25.3 Å². The molecule has 0 aliphatic rings. The van der Waals surface area contributed by atoms with Crippen LogP contribution in [0.25, 0.3) is 0 Å². The summed E-state index contributed by atoms with van der Waals surface area (Å²) in [4.78, 5) is 3.90. The van der Waals surface area contributed by atoms with E-state index in [9.17, 15) is 0 Å². The molecule has 1 radical (unpaired) electrons. The summed E-state index contributed by atoms with van der Waals surface area (Å²) in [6.07, 6.45) is 2.64. The van der Waals surface area contributed by atoms with Crippen LogP contribution in [0.15, 0.2) is 12.1 Å². The Morgan fingerprint density at radius 2 is 2.25 bits per heavy atom. The Morgan fingerprint density at radius 3 is 2.81 bits per heavy atom. The molecule has 0 aliphatic carbocycles.